The van der Waals surface area contributed by atoms with Crippen molar-refractivity contribution in [1.82, 2.24) is 0 Å². The first kappa shape index (κ1) is 14.9. The van der Waals surface area contributed by atoms with Gasteiger partial charge in [0.2, 0.25) is 0 Å². The molecule has 2 aromatic carbocycles. The molecule has 0 saturated carbocycles. The first-order chi connectivity index (χ1) is 9.85. The van der Waals surface area contributed by atoms with Crippen molar-refractivity contribution < 1.29 is 0 Å². The third-order valence-corrected chi connectivity index (χ3v) is 4.23. The summed E-state index contributed by atoms with van der Waals surface area (Å²) >= 11 is 3.39. The third-order valence-electron chi connectivity index (χ3n) is 2.66. The Morgan fingerprint density at radius 2 is 1.10 bits per heavy atom. The maximum Gasteiger partial charge on any atom is 0.0765 e. The van der Waals surface area contributed by atoms with Crippen LogP contribution in [0, 0.1) is 0 Å². The Labute approximate surface area is 128 Å². The second-order valence-electron chi connectivity index (χ2n) is 3.90. The van der Waals surface area contributed by atoms with E-state index in [4.69, 9.17) is 0 Å². The fourth-order valence-electron chi connectivity index (χ4n) is 1.70. The molecule has 0 saturated heterocycles. The standard InChI is InChI=1S/C16H16N2S2/c1-19-15-9-5-3-7-13(15)17-11-12-18-14-8-4-6-10-16(14)20-2/h3-12H,1-2H3. The zero-order valence-electron chi connectivity index (χ0n) is 11.5. The van der Waals surface area contributed by atoms with Crippen LogP contribution in [-0.2, 0) is 0 Å². The molecule has 0 amide bonds. The lowest BCUT2D eigenvalue weighted by Crippen LogP contribution is -1.78. The molecule has 2 aromatic rings. The predicted octanol–water partition coefficient (Wildman–Crippen LogP) is 5.24. The van der Waals surface area contributed by atoms with E-state index in [-0.39, 0.29) is 0 Å². The van der Waals surface area contributed by atoms with Crippen LogP contribution >= 0.6 is 23.5 Å². The van der Waals surface area contributed by atoms with Crippen LogP contribution in [0.15, 0.2) is 68.3 Å². The lowest BCUT2D eigenvalue weighted by molar-refractivity contribution is 1.38. The molecule has 0 spiro atoms. The minimum Gasteiger partial charge on any atom is -0.254 e. The Morgan fingerprint density at radius 1 is 0.700 bits per heavy atom. The molecule has 0 fully saturated rings. The molecule has 0 bridgehead atoms. The highest BCUT2D eigenvalue weighted by atomic mass is 32.2. The van der Waals surface area contributed by atoms with Crippen molar-refractivity contribution in [3.63, 3.8) is 0 Å². The Morgan fingerprint density at radius 3 is 1.50 bits per heavy atom. The van der Waals surface area contributed by atoms with Crippen LogP contribution in [0.5, 0.6) is 0 Å². The number of para-hydroxylation sites is 2. The summed E-state index contributed by atoms with van der Waals surface area (Å²) in [7, 11) is 0. The first-order valence-electron chi connectivity index (χ1n) is 6.18. The van der Waals surface area contributed by atoms with E-state index in [1.165, 1.54) is 9.79 Å². The van der Waals surface area contributed by atoms with E-state index in [1.54, 1.807) is 36.0 Å². The van der Waals surface area contributed by atoms with E-state index in [0.717, 1.165) is 11.4 Å². The van der Waals surface area contributed by atoms with Gasteiger partial charge >= 0.3 is 0 Å². The van der Waals surface area contributed by atoms with Crippen LogP contribution in [0.25, 0.3) is 0 Å². The molecule has 0 unspecified atom stereocenters. The Kier molecular flexibility index (Phi) is 5.89. The molecule has 0 atom stereocenters. The van der Waals surface area contributed by atoms with E-state index < -0.39 is 0 Å². The molecular weight excluding hydrogens is 284 g/mol. The number of benzene rings is 2. The van der Waals surface area contributed by atoms with Gasteiger partial charge in [-0.2, -0.15) is 0 Å². The fraction of sp³-hybridized carbons (Fsp3) is 0.125. The summed E-state index contributed by atoms with van der Waals surface area (Å²) in [6, 6.07) is 16.2. The second kappa shape index (κ2) is 7.92. The second-order valence-corrected chi connectivity index (χ2v) is 5.60. The summed E-state index contributed by atoms with van der Waals surface area (Å²) in [5, 5.41) is 0. The van der Waals surface area contributed by atoms with E-state index >= 15 is 0 Å². The van der Waals surface area contributed by atoms with Gasteiger partial charge in [0.15, 0.2) is 0 Å². The highest BCUT2D eigenvalue weighted by Gasteiger charge is 1.97. The van der Waals surface area contributed by atoms with Crippen LogP contribution in [0.4, 0.5) is 11.4 Å². The molecule has 2 rings (SSSR count). The Bertz CT molecular complexity index is 566. The number of rotatable bonds is 5. The van der Waals surface area contributed by atoms with Crippen molar-refractivity contribution in [3.8, 4) is 0 Å². The summed E-state index contributed by atoms with van der Waals surface area (Å²) in [5.41, 5.74) is 1.95. The van der Waals surface area contributed by atoms with E-state index in [9.17, 15) is 0 Å². The van der Waals surface area contributed by atoms with Crippen LogP contribution in [0.3, 0.4) is 0 Å². The Balaban J connectivity index is 2.11. The predicted molar refractivity (Wildman–Crippen MR) is 92.8 cm³/mol. The molecule has 4 heteroatoms. The van der Waals surface area contributed by atoms with E-state index in [2.05, 4.69) is 34.6 Å². The average Bonchev–Trinajstić information content (AvgIpc) is 2.52. The van der Waals surface area contributed by atoms with Crippen LogP contribution in [0.2, 0.25) is 0 Å². The highest BCUT2D eigenvalue weighted by Crippen LogP contribution is 2.27. The van der Waals surface area contributed by atoms with E-state index in [1.807, 2.05) is 36.4 Å². The molecule has 0 N–H and O–H groups in total. The molecule has 0 aromatic heterocycles. The SMILES string of the molecule is CSc1ccccc1N=CC=Nc1ccccc1SC. The maximum atomic E-state index is 4.45. The van der Waals surface area contributed by atoms with E-state index in [0.29, 0.717) is 0 Å². The summed E-state index contributed by atoms with van der Waals surface area (Å²) in [6.07, 6.45) is 7.59. The molecule has 0 aliphatic carbocycles. The van der Waals surface area contributed by atoms with Gasteiger partial charge in [-0.3, -0.25) is 9.98 Å². The van der Waals surface area contributed by atoms with Gasteiger partial charge in [0.05, 0.1) is 11.4 Å². The van der Waals surface area contributed by atoms with Gasteiger partial charge in [-0.05, 0) is 36.8 Å². The van der Waals surface area contributed by atoms with Gasteiger partial charge < -0.3 is 0 Å². The van der Waals surface area contributed by atoms with Gasteiger partial charge in [0.1, 0.15) is 0 Å². The van der Waals surface area contributed by atoms with Crippen molar-refractivity contribution in [2.24, 2.45) is 9.98 Å². The molecule has 2 nitrogen and oxygen atoms in total. The topological polar surface area (TPSA) is 24.7 Å². The summed E-state index contributed by atoms with van der Waals surface area (Å²) < 4.78 is 0. The van der Waals surface area contributed by atoms with Crippen molar-refractivity contribution in [3.05, 3.63) is 48.5 Å². The minimum atomic E-state index is 0.976. The number of thioether (sulfide) groups is 2. The molecule has 0 heterocycles. The molecule has 20 heavy (non-hydrogen) atoms. The fourth-order valence-corrected chi connectivity index (χ4v) is 2.79. The van der Waals surface area contributed by atoms with Crippen LogP contribution in [-0.4, -0.2) is 24.9 Å². The quantitative estimate of drug-likeness (QED) is 0.557. The Hall–Kier alpha value is -1.52. The summed E-state index contributed by atoms with van der Waals surface area (Å²) in [6.45, 7) is 0. The van der Waals surface area contributed by atoms with Crippen molar-refractivity contribution >= 4 is 47.3 Å². The molecular formula is C16H16N2S2. The summed E-state index contributed by atoms with van der Waals surface area (Å²) in [5.74, 6) is 0. The smallest absolute Gasteiger partial charge is 0.0765 e. The minimum absolute atomic E-state index is 0.976. The van der Waals surface area contributed by atoms with Gasteiger partial charge in [0.25, 0.3) is 0 Å². The summed E-state index contributed by atoms with van der Waals surface area (Å²) in [4.78, 5) is 11.2. The monoisotopic (exact) mass is 300 g/mol. The van der Waals surface area contributed by atoms with Gasteiger partial charge in [0, 0.05) is 22.2 Å². The third kappa shape index (κ3) is 3.99. The normalized spacial score (nSPS) is 11.5. The van der Waals surface area contributed by atoms with Crippen molar-refractivity contribution in [2.75, 3.05) is 12.5 Å². The number of hydrogen-bond acceptors (Lipinski definition) is 4. The molecule has 0 radical (unpaired) electrons. The van der Waals surface area contributed by atoms with Crippen molar-refractivity contribution in [2.45, 2.75) is 9.79 Å². The average molecular weight is 300 g/mol. The van der Waals surface area contributed by atoms with Gasteiger partial charge in [-0.25, -0.2) is 0 Å². The number of aliphatic imine (C=N–C) groups is 2. The molecule has 0 aliphatic heterocycles. The lowest BCUT2D eigenvalue weighted by Gasteiger charge is -2.00. The zero-order valence-corrected chi connectivity index (χ0v) is 13.1. The number of hydrogen-bond donors (Lipinski definition) is 0. The lowest BCUT2D eigenvalue weighted by atomic mass is 10.3. The number of nitrogens with zero attached hydrogens (tertiary/aromatic N) is 2. The highest BCUT2D eigenvalue weighted by molar-refractivity contribution is 7.99. The van der Waals surface area contributed by atoms with Gasteiger partial charge in [-0.15, -0.1) is 23.5 Å². The van der Waals surface area contributed by atoms with Crippen LogP contribution < -0.4 is 0 Å². The molecule has 0 aliphatic rings. The zero-order chi connectivity index (χ0) is 14.2. The van der Waals surface area contributed by atoms with Gasteiger partial charge in [-0.1, -0.05) is 24.3 Å². The largest absolute Gasteiger partial charge is 0.254 e. The van der Waals surface area contributed by atoms with Crippen LogP contribution in [0.1, 0.15) is 0 Å². The first-order valence-corrected chi connectivity index (χ1v) is 8.63. The van der Waals surface area contributed by atoms with Crippen molar-refractivity contribution in [1.29, 1.82) is 0 Å². The molecule has 102 valence electrons. The maximum absolute atomic E-state index is 4.45.